The Bertz CT molecular complexity index is 569. The molecule has 1 aromatic rings. The predicted molar refractivity (Wildman–Crippen MR) is 60.6 cm³/mol. The summed E-state index contributed by atoms with van der Waals surface area (Å²) in [5, 5.41) is 16.7. The van der Waals surface area contributed by atoms with Crippen molar-refractivity contribution in [3.8, 4) is 17.9 Å². The van der Waals surface area contributed by atoms with E-state index in [0.717, 1.165) is 0 Å². The highest BCUT2D eigenvalue weighted by atomic mass is 32.2. The molecule has 1 rings (SSSR count). The molecular weight excluding hydrogens is 242 g/mol. The minimum Gasteiger partial charge on any atom is -0.479 e. The molecule has 1 aromatic carbocycles. The number of rotatable bonds is 5. The Balaban J connectivity index is 2.80. The number of hydrogen-bond donors (Lipinski definition) is 1. The zero-order chi connectivity index (χ0) is 12.7. The van der Waals surface area contributed by atoms with E-state index < -0.39 is 15.8 Å². The number of nitrogens with one attached hydrogen (secondary N) is 1. The SMILES string of the molecule is N#CCOc1cccc(NS(=O)(=O)CC#N)c1. The molecule has 0 heterocycles. The number of benzene rings is 1. The molecule has 0 amide bonds. The number of nitriles is 2. The second-order valence-corrected chi connectivity index (χ2v) is 4.72. The van der Waals surface area contributed by atoms with Crippen LogP contribution >= 0.6 is 0 Å². The first-order valence-electron chi connectivity index (χ1n) is 4.54. The van der Waals surface area contributed by atoms with Crippen LogP contribution in [0.1, 0.15) is 0 Å². The van der Waals surface area contributed by atoms with Gasteiger partial charge in [0.25, 0.3) is 0 Å². The molecule has 0 saturated carbocycles. The van der Waals surface area contributed by atoms with E-state index in [1.807, 2.05) is 0 Å². The third-order valence-corrected chi connectivity index (χ3v) is 2.72. The van der Waals surface area contributed by atoms with Crippen molar-refractivity contribution < 1.29 is 13.2 Å². The minimum absolute atomic E-state index is 0.117. The first-order chi connectivity index (χ1) is 8.07. The maximum atomic E-state index is 11.3. The summed E-state index contributed by atoms with van der Waals surface area (Å²) in [4.78, 5) is 0. The molecular formula is C10H9N3O3S. The Hall–Kier alpha value is -2.25. The molecule has 1 N–H and O–H groups in total. The molecule has 0 spiro atoms. The number of ether oxygens (including phenoxy) is 1. The van der Waals surface area contributed by atoms with Crippen LogP contribution in [-0.2, 0) is 10.0 Å². The quantitative estimate of drug-likeness (QED) is 0.835. The van der Waals surface area contributed by atoms with Crippen LogP contribution in [0.5, 0.6) is 5.75 Å². The van der Waals surface area contributed by atoms with Gasteiger partial charge in [0.05, 0.1) is 11.8 Å². The van der Waals surface area contributed by atoms with Gasteiger partial charge in [0.1, 0.15) is 11.8 Å². The highest BCUT2D eigenvalue weighted by molar-refractivity contribution is 7.92. The first kappa shape index (κ1) is 12.8. The van der Waals surface area contributed by atoms with Gasteiger partial charge in [-0.25, -0.2) is 8.42 Å². The topological polar surface area (TPSA) is 103 Å². The lowest BCUT2D eigenvalue weighted by Crippen LogP contribution is -2.15. The van der Waals surface area contributed by atoms with Crippen molar-refractivity contribution in [3.63, 3.8) is 0 Å². The first-order valence-corrected chi connectivity index (χ1v) is 6.20. The molecule has 0 aliphatic carbocycles. The molecule has 0 aliphatic heterocycles. The molecule has 0 aliphatic rings. The minimum atomic E-state index is -3.65. The van der Waals surface area contributed by atoms with Crippen LogP contribution in [-0.4, -0.2) is 20.8 Å². The summed E-state index contributed by atoms with van der Waals surface area (Å²) in [7, 11) is -3.65. The van der Waals surface area contributed by atoms with Gasteiger partial charge in [0, 0.05) is 6.07 Å². The monoisotopic (exact) mass is 251 g/mol. The van der Waals surface area contributed by atoms with Crippen LogP contribution in [0.25, 0.3) is 0 Å². The van der Waals surface area contributed by atoms with Crippen molar-refractivity contribution in [3.05, 3.63) is 24.3 Å². The normalized spacial score (nSPS) is 10.0. The average Bonchev–Trinajstić information content (AvgIpc) is 2.26. The van der Waals surface area contributed by atoms with Gasteiger partial charge in [-0.2, -0.15) is 10.5 Å². The Morgan fingerprint density at radius 1 is 1.29 bits per heavy atom. The summed E-state index contributed by atoms with van der Waals surface area (Å²) in [5.74, 6) is -0.236. The molecule has 0 fully saturated rings. The van der Waals surface area contributed by atoms with Crippen molar-refractivity contribution in [1.82, 2.24) is 0 Å². The van der Waals surface area contributed by atoms with E-state index >= 15 is 0 Å². The number of sulfonamides is 1. The third-order valence-electron chi connectivity index (χ3n) is 1.67. The van der Waals surface area contributed by atoms with Crippen LogP contribution in [0.3, 0.4) is 0 Å². The van der Waals surface area contributed by atoms with Crippen LogP contribution in [0.2, 0.25) is 0 Å². The molecule has 88 valence electrons. The van der Waals surface area contributed by atoms with E-state index in [9.17, 15) is 8.42 Å². The Morgan fingerprint density at radius 2 is 2.06 bits per heavy atom. The molecule has 0 radical (unpaired) electrons. The van der Waals surface area contributed by atoms with E-state index in [-0.39, 0.29) is 12.3 Å². The van der Waals surface area contributed by atoms with Gasteiger partial charge in [-0.1, -0.05) is 6.07 Å². The molecule has 0 unspecified atom stereocenters. The molecule has 0 bridgehead atoms. The van der Waals surface area contributed by atoms with Crippen molar-refractivity contribution in [2.45, 2.75) is 0 Å². The summed E-state index contributed by atoms with van der Waals surface area (Å²) in [6, 6.07) is 9.49. The number of anilines is 1. The molecule has 6 nitrogen and oxygen atoms in total. The van der Waals surface area contributed by atoms with Crippen molar-refractivity contribution >= 4 is 15.7 Å². The molecule has 0 saturated heterocycles. The second-order valence-electron chi connectivity index (χ2n) is 2.99. The van der Waals surface area contributed by atoms with E-state index in [1.165, 1.54) is 12.1 Å². The van der Waals surface area contributed by atoms with Gasteiger partial charge in [-0.3, -0.25) is 4.72 Å². The fourth-order valence-corrected chi connectivity index (χ4v) is 1.79. The highest BCUT2D eigenvalue weighted by Crippen LogP contribution is 2.18. The van der Waals surface area contributed by atoms with Crippen molar-refractivity contribution in [2.75, 3.05) is 17.1 Å². The number of hydrogen-bond acceptors (Lipinski definition) is 5. The van der Waals surface area contributed by atoms with E-state index in [1.54, 1.807) is 24.3 Å². The second kappa shape index (κ2) is 5.73. The van der Waals surface area contributed by atoms with Gasteiger partial charge in [-0.15, -0.1) is 0 Å². The van der Waals surface area contributed by atoms with Crippen LogP contribution in [0, 0.1) is 22.7 Å². The summed E-state index contributed by atoms with van der Waals surface area (Å²) < 4.78 is 29.8. The zero-order valence-electron chi connectivity index (χ0n) is 8.75. The van der Waals surface area contributed by atoms with Gasteiger partial charge >= 0.3 is 0 Å². The lowest BCUT2D eigenvalue weighted by molar-refractivity contribution is 0.368. The van der Waals surface area contributed by atoms with Crippen LogP contribution in [0.15, 0.2) is 24.3 Å². The highest BCUT2D eigenvalue weighted by Gasteiger charge is 2.09. The predicted octanol–water partition coefficient (Wildman–Crippen LogP) is 0.854. The summed E-state index contributed by atoms with van der Waals surface area (Å²) >= 11 is 0. The maximum Gasteiger partial charge on any atom is 0.246 e. The summed E-state index contributed by atoms with van der Waals surface area (Å²) in [6.07, 6.45) is 0. The Labute approximate surface area is 99.1 Å². The summed E-state index contributed by atoms with van der Waals surface area (Å²) in [5.41, 5.74) is 0.288. The molecule has 0 atom stereocenters. The zero-order valence-corrected chi connectivity index (χ0v) is 9.57. The van der Waals surface area contributed by atoms with Gasteiger partial charge in [0.2, 0.25) is 10.0 Å². The molecule has 17 heavy (non-hydrogen) atoms. The van der Waals surface area contributed by atoms with Gasteiger partial charge in [-0.05, 0) is 12.1 Å². The molecule has 0 aromatic heterocycles. The summed E-state index contributed by atoms with van der Waals surface area (Å²) in [6.45, 7) is -0.117. The van der Waals surface area contributed by atoms with E-state index in [2.05, 4.69) is 4.72 Å². The fraction of sp³-hybridized carbons (Fsp3) is 0.200. The lowest BCUT2D eigenvalue weighted by atomic mass is 10.3. The van der Waals surface area contributed by atoms with Crippen LogP contribution < -0.4 is 9.46 Å². The van der Waals surface area contributed by atoms with Crippen molar-refractivity contribution in [2.24, 2.45) is 0 Å². The van der Waals surface area contributed by atoms with E-state index in [4.69, 9.17) is 15.3 Å². The smallest absolute Gasteiger partial charge is 0.246 e. The largest absolute Gasteiger partial charge is 0.479 e. The van der Waals surface area contributed by atoms with Gasteiger partial charge < -0.3 is 4.74 Å². The maximum absolute atomic E-state index is 11.3. The fourth-order valence-electron chi connectivity index (χ4n) is 1.07. The standard InChI is InChI=1S/C10H9N3O3S/c11-4-6-16-10-3-1-2-9(8-10)13-17(14,15)7-5-12/h1-3,8,13H,6-7H2. The lowest BCUT2D eigenvalue weighted by Gasteiger charge is -2.07. The third kappa shape index (κ3) is 4.41. The Morgan fingerprint density at radius 3 is 2.71 bits per heavy atom. The Kier molecular flexibility index (Phi) is 4.32. The van der Waals surface area contributed by atoms with Crippen LogP contribution in [0.4, 0.5) is 5.69 Å². The number of nitrogens with zero attached hydrogens (tertiary/aromatic N) is 2. The molecule has 7 heteroatoms. The average molecular weight is 251 g/mol. The van der Waals surface area contributed by atoms with Gasteiger partial charge in [0.15, 0.2) is 12.4 Å². The van der Waals surface area contributed by atoms with E-state index in [0.29, 0.717) is 5.75 Å². The van der Waals surface area contributed by atoms with Crippen molar-refractivity contribution in [1.29, 1.82) is 10.5 Å².